The van der Waals surface area contributed by atoms with E-state index in [1.54, 1.807) is 18.2 Å². The first-order valence-corrected chi connectivity index (χ1v) is 12.0. The normalized spacial score (nSPS) is 14.2. The molecule has 2 aromatic carbocycles. The van der Waals surface area contributed by atoms with Gasteiger partial charge in [-0.15, -0.1) is 0 Å². The number of hydrogen-bond donors (Lipinski definition) is 1. The molecule has 10 heteroatoms. The minimum atomic E-state index is -4.05. The smallest absolute Gasteiger partial charge is 0.269 e. The van der Waals surface area contributed by atoms with Crippen molar-refractivity contribution < 1.29 is 22.9 Å². The van der Waals surface area contributed by atoms with Crippen molar-refractivity contribution in [2.75, 3.05) is 24.0 Å². The highest BCUT2D eigenvalue weighted by atomic mass is 32.2. The first kappa shape index (κ1) is 23.7. The second kappa shape index (κ2) is 11.1. The summed E-state index contributed by atoms with van der Waals surface area (Å²) in [6.07, 6.45) is 5.47. The highest BCUT2D eigenvalue weighted by molar-refractivity contribution is 7.92. The van der Waals surface area contributed by atoms with E-state index in [1.807, 2.05) is 0 Å². The number of sulfonamides is 1. The molecule has 0 aliphatic heterocycles. The first-order chi connectivity index (χ1) is 15.4. The molecule has 1 aliphatic carbocycles. The Labute approximate surface area is 187 Å². The van der Waals surface area contributed by atoms with Gasteiger partial charge in [-0.2, -0.15) is 0 Å². The first-order valence-electron chi connectivity index (χ1n) is 10.6. The van der Waals surface area contributed by atoms with E-state index in [1.165, 1.54) is 49.2 Å². The number of nitrogens with zero attached hydrogens (tertiary/aromatic N) is 2. The van der Waals surface area contributed by atoms with Gasteiger partial charge in [-0.25, -0.2) is 8.42 Å². The number of nitro groups is 1. The molecule has 1 saturated carbocycles. The summed E-state index contributed by atoms with van der Waals surface area (Å²) < 4.78 is 33.1. The lowest BCUT2D eigenvalue weighted by Gasteiger charge is -2.24. The maximum absolute atomic E-state index is 13.2. The number of anilines is 1. The molecule has 2 aromatic rings. The van der Waals surface area contributed by atoms with Crippen molar-refractivity contribution in [2.45, 2.75) is 43.1 Å². The minimum Gasteiger partial charge on any atom is -0.378 e. The topological polar surface area (TPSA) is 119 Å². The third kappa shape index (κ3) is 6.27. The van der Waals surface area contributed by atoms with Crippen molar-refractivity contribution in [2.24, 2.45) is 0 Å². The predicted octanol–water partition coefficient (Wildman–Crippen LogP) is 3.26. The number of carbonyl (C=O) groups excluding carboxylic acids is 1. The van der Waals surface area contributed by atoms with Gasteiger partial charge in [0.05, 0.1) is 21.6 Å². The van der Waals surface area contributed by atoms with Crippen molar-refractivity contribution in [3.63, 3.8) is 0 Å². The summed E-state index contributed by atoms with van der Waals surface area (Å²) in [4.78, 5) is 22.9. The highest BCUT2D eigenvalue weighted by Crippen LogP contribution is 2.25. The maximum Gasteiger partial charge on any atom is 0.269 e. The zero-order chi connectivity index (χ0) is 23.0. The zero-order valence-corrected chi connectivity index (χ0v) is 18.5. The van der Waals surface area contributed by atoms with Gasteiger partial charge >= 0.3 is 0 Å². The van der Waals surface area contributed by atoms with Crippen LogP contribution in [0.2, 0.25) is 0 Å². The van der Waals surface area contributed by atoms with Crippen LogP contribution in [-0.2, 0) is 19.6 Å². The van der Waals surface area contributed by atoms with E-state index in [0.717, 1.165) is 17.1 Å². The quantitative estimate of drug-likeness (QED) is 0.312. The molecule has 172 valence electrons. The molecule has 0 saturated heterocycles. The number of hydrogen-bond acceptors (Lipinski definition) is 6. The molecule has 3 rings (SSSR count). The predicted molar refractivity (Wildman–Crippen MR) is 120 cm³/mol. The van der Waals surface area contributed by atoms with E-state index < -0.39 is 27.4 Å². The summed E-state index contributed by atoms with van der Waals surface area (Å²) in [6, 6.07) is 12.8. The van der Waals surface area contributed by atoms with Crippen LogP contribution in [0.25, 0.3) is 0 Å². The van der Waals surface area contributed by atoms with E-state index in [2.05, 4.69) is 5.32 Å². The molecule has 1 amide bonds. The van der Waals surface area contributed by atoms with Gasteiger partial charge in [0.15, 0.2) is 0 Å². The Kier molecular flexibility index (Phi) is 8.18. The summed E-state index contributed by atoms with van der Waals surface area (Å²) >= 11 is 0. The van der Waals surface area contributed by atoms with Gasteiger partial charge in [0.2, 0.25) is 5.91 Å². The Morgan fingerprint density at radius 2 is 1.75 bits per heavy atom. The zero-order valence-electron chi connectivity index (χ0n) is 17.7. The molecule has 0 aromatic heterocycles. The summed E-state index contributed by atoms with van der Waals surface area (Å²) in [7, 11) is -4.05. The fraction of sp³-hybridized carbons (Fsp3) is 0.409. The number of non-ortho nitro benzene ring substituents is 1. The monoisotopic (exact) mass is 461 g/mol. The molecule has 0 unspecified atom stereocenters. The molecule has 0 heterocycles. The lowest BCUT2D eigenvalue weighted by atomic mass is 10.3. The average molecular weight is 462 g/mol. The Balaban J connectivity index is 1.66. The van der Waals surface area contributed by atoms with Gasteiger partial charge in [0.25, 0.3) is 15.7 Å². The van der Waals surface area contributed by atoms with Gasteiger partial charge < -0.3 is 10.1 Å². The van der Waals surface area contributed by atoms with Crippen molar-refractivity contribution >= 4 is 27.3 Å². The van der Waals surface area contributed by atoms with Gasteiger partial charge in [-0.1, -0.05) is 31.0 Å². The van der Waals surface area contributed by atoms with Crippen molar-refractivity contribution in [1.29, 1.82) is 0 Å². The van der Waals surface area contributed by atoms with Crippen LogP contribution < -0.4 is 9.62 Å². The Hall–Kier alpha value is -2.98. The van der Waals surface area contributed by atoms with E-state index in [9.17, 15) is 23.3 Å². The maximum atomic E-state index is 13.2. The third-order valence-corrected chi connectivity index (χ3v) is 7.05. The molecule has 0 bridgehead atoms. The fourth-order valence-electron chi connectivity index (χ4n) is 3.57. The van der Waals surface area contributed by atoms with E-state index >= 15 is 0 Å². The third-order valence-electron chi connectivity index (χ3n) is 5.27. The van der Waals surface area contributed by atoms with Gasteiger partial charge in [0, 0.05) is 25.3 Å². The fourth-order valence-corrected chi connectivity index (χ4v) is 5.01. The molecular weight excluding hydrogens is 434 g/mol. The van der Waals surface area contributed by atoms with Crippen LogP contribution in [0.5, 0.6) is 0 Å². The molecule has 32 heavy (non-hydrogen) atoms. The molecule has 0 radical (unpaired) electrons. The van der Waals surface area contributed by atoms with Crippen molar-refractivity contribution in [3.05, 3.63) is 64.7 Å². The Morgan fingerprint density at radius 1 is 1.09 bits per heavy atom. The van der Waals surface area contributed by atoms with E-state index in [4.69, 9.17) is 4.74 Å². The summed E-state index contributed by atoms with van der Waals surface area (Å²) in [5.74, 6) is -0.469. The molecule has 1 aliphatic rings. The number of ether oxygens (including phenoxy) is 1. The summed E-state index contributed by atoms with van der Waals surface area (Å²) in [6.45, 7) is 0.461. The SMILES string of the molecule is O=C(CN(c1ccc([N+](=O)[O-])cc1)S(=O)(=O)c1ccccc1)NCCCOC1CCCC1. The summed E-state index contributed by atoms with van der Waals surface area (Å²) in [5.41, 5.74) is -0.00306. The molecule has 0 atom stereocenters. The van der Waals surface area contributed by atoms with E-state index in [0.29, 0.717) is 25.7 Å². The molecule has 1 fully saturated rings. The second-order valence-electron chi connectivity index (χ2n) is 7.58. The van der Waals surface area contributed by atoms with Crippen LogP contribution in [0.4, 0.5) is 11.4 Å². The van der Waals surface area contributed by atoms with Gasteiger partial charge in [-0.3, -0.25) is 19.2 Å². The van der Waals surface area contributed by atoms with E-state index in [-0.39, 0.29) is 16.3 Å². The van der Waals surface area contributed by atoms with Gasteiger partial charge in [0.1, 0.15) is 6.54 Å². The number of nitro benzene ring substituents is 1. The second-order valence-corrected chi connectivity index (χ2v) is 9.44. The Bertz CT molecular complexity index is 1010. The number of rotatable bonds is 11. The lowest BCUT2D eigenvalue weighted by molar-refractivity contribution is -0.384. The van der Waals surface area contributed by atoms with Crippen molar-refractivity contribution in [3.8, 4) is 0 Å². The number of benzene rings is 2. The number of amides is 1. The molecule has 9 nitrogen and oxygen atoms in total. The van der Waals surface area contributed by atoms with Crippen LogP contribution in [0, 0.1) is 10.1 Å². The van der Waals surface area contributed by atoms with Gasteiger partial charge in [-0.05, 0) is 43.5 Å². The highest BCUT2D eigenvalue weighted by Gasteiger charge is 2.27. The standard InChI is InChI=1S/C22H27N3O6S/c26-22(23-15-6-16-31-20-7-4-5-8-20)17-24(18-11-13-19(14-12-18)25(27)28)32(29,30)21-9-2-1-3-10-21/h1-3,9-14,20H,4-8,15-17H2,(H,23,26). The van der Waals surface area contributed by atoms with Crippen LogP contribution in [0.3, 0.4) is 0 Å². The molecule has 0 spiro atoms. The molecule has 1 N–H and O–H groups in total. The van der Waals surface area contributed by atoms with Crippen LogP contribution in [0.15, 0.2) is 59.5 Å². The molecular formula is C22H27N3O6S. The van der Waals surface area contributed by atoms with Crippen LogP contribution in [-0.4, -0.2) is 45.0 Å². The van der Waals surface area contributed by atoms with Crippen molar-refractivity contribution in [1.82, 2.24) is 5.32 Å². The summed E-state index contributed by atoms with van der Waals surface area (Å²) in [5, 5.41) is 13.7. The van der Waals surface area contributed by atoms with Crippen LogP contribution >= 0.6 is 0 Å². The largest absolute Gasteiger partial charge is 0.378 e. The number of nitrogens with one attached hydrogen (secondary N) is 1. The minimum absolute atomic E-state index is 0.0242. The Morgan fingerprint density at radius 3 is 2.38 bits per heavy atom. The van der Waals surface area contributed by atoms with Crippen LogP contribution in [0.1, 0.15) is 32.1 Å². The average Bonchev–Trinajstić information content (AvgIpc) is 3.31. The lowest BCUT2D eigenvalue weighted by Crippen LogP contribution is -2.41. The number of carbonyl (C=O) groups is 1.